The lowest BCUT2D eigenvalue weighted by Gasteiger charge is -2.20. The Balaban J connectivity index is 2.26. The summed E-state index contributed by atoms with van der Waals surface area (Å²) >= 11 is 0. The Kier molecular flexibility index (Phi) is 4.25. The minimum atomic E-state index is -1.16. The van der Waals surface area contributed by atoms with Gasteiger partial charge in [0.1, 0.15) is 0 Å². The van der Waals surface area contributed by atoms with Gasteiger partial charge in [-0.2, -0.15) is 0 Å². The molecule has 0 aliphatic rings. The molecular weight excluding hydrogens is 284 g/mol. The van der Waals surface area contributed by atoms with Gasteiger partial charge in [-0.05, 0) is 12.1 Å². The summed E-state index contributed by atoms with van der Waals surface area (Å²) in [7, 11) is 0. The third-order valence-corrected chi connectivity index (χ3v) is 2.95. The molecule has 0 spiro atoms. The molecule has 2 amide bonds. The Hall–Kier alpha value is -2.70. The summed E-state index contributed by atoms with van der Waals surface area (Å²) in [6.07, 6.45) is 0. The number of nitrogens with zero attached hydrogens (tertiary/aromatic N) is 2. The van der Waals surface area contributed by atoms with Crippen LogP contribution in [0.3, 0.4) is 0 Å². The first-order valence-electron chi connectivity index (χ1n) is 6.78. The van der Waals surface area contributed by atoms with Gasteiger partial charge in [0, 0.05) is 11.0 Å². The number of hydrogen-bond donors (Lipinski definition) is 2. The highest BCUT2D eigenvalue weighted by atomic mass is 16.4. The molecule has 0 unspecified atom stereocenters. The van der Waals surface area contributed by atoms with Crippen LogP contribution in [0.2, 0.25) is 0 Å². The van der Waals surface area contributed by atoms with E-state index in [1.54, 1.807) is 32.9 Å². The van der Waals surface area contributed by atoms with Crippen LogP contribution in [0.1, 0.15) is 32.7 Å². The number of nitrogens with one attached hydrogen (secondary N) is 1. The van der Waals surface area contributed by atoms with Crippen molar-refractivity contribution in [2.45, 2.75) is 26.8 Å². The molecule has 7 nitrogen and oxygen atoms in total. The maximum atomic E-state index is 12.0. The summed E-state index contributed by atoms with van der Waals surface area (Å²) < 4.78 is 5.47. The molecule has 3 N–H and O–H groups in total. The number of aromatic nitrogens is 2. The van der Waals surface area contributed by atoms with Gasteiger partial charge in [0.05, 0.1) is 0 Å². The fourth-order valence-corrected chi connectivity index (χ4v) is 1.65. The monoisotopic (exact) mass is 302 g/mol. The van der Waals surface area contributed by atoms with Gasteiger partial charge < -0.3 is 15.5 Å². The van der Waals surface area contributed by atoms with Crippen LogP contribution in [0.5, 0.6) is 0 Å². The van der Waals surface area contributed by atoms with Gasteiger partial charge in [-0.3, -0.25) is 9.59 Å². The molecule has 22 heavy (non-hydrogen) atoms. The maximum Gasteiger partial charge on any atom is 0.249 e. The maximum absolute atomic E-state index is 12.0. The van der Waals surface area contributed by atoms with Crippen LogP contribution in [-0.2, 0) is 9.59 Å². The van der Waals surface area contributed by atoms with Crippen LogP contribution in [-0.4, -0.2) is 22.0 Å². The van der Waals surface area contributed by atoms with E-state index in [1.807, 2.05) is 18.2 Å². The number of benzene rings is 1. The van der Waals surface area contributed by atoms with Crippen molar-refractivity contribution in [3.05, 3.63) is 36.2 Å². The van der Waals surface area contributed by atoms with Crippen molar-refractivity contribution in [3.63, 3.8) is 0 Å². The Morgan fingerprint density at radius 1 is 1.18 bits per heavy atom. The van der Waals surface area contributed by atoms with Crippen molar-refractivity contribution in [1.82, 2.24) is 15.5 Å². The Bertz CT molecular complexity index is 674. The van der Waals surface area contributed by atoms with Crippen molar-refractivity contribution in [1.29, 1.82) is 0 Å². The summed E-state index contributed by atoms with van der Waals surface area (Å²) in [5, 5.41) is 10.2. The fraction of sp³-hybridized carbons (Fsp3) is 0.333. The standard InChI is InChI=1S/C15H18N4O3/c1-15(2,3)14(21)17-10(11(16)20)13-19-18-12(22-13)9-7-5-4-6-8-9/h4-8,10H,1-3H3,(H2,16,20)(H,17,21)/t10-/m1/s1. The molecule has 2 aromatic rings. The summed E-state index contributed by atoms with van der Waals surface area (Å²) in [6, 6.07) is 7.94. The number of rotatable bonds is 4. The molecule has 1 heterocycles. The van der Waals surface area contributed by atoms with E-state index in [9.17, 15) is 9.59 Å². The van der Waals surface area contributed by atoms with Gasteiger partial charge in [-0.25, -0.2) is 0 Å². The molecule has 0 saturated heterocycles. The van der Waals surface area contributed by atoms with E-state index >= 15 is 0 Å². The van der Waals surface area contributed by atoms with Crippen molar-refractivity contribution in [2.24, 2.45) is 11.1 Å². The molecule has 1 aromatic carbocycles. The van der Waals surface area contributed by atoms with E-state index in [0.717, 1.165) is 0 Å². The highest BCUT2D eigenvalue weighted by molar-refractivity contribution is 5.89. The summed E-state index contributed by atoms with van der Waals surface area (Å²) in [6.45, 7) is 5.18. The normalized spacial score (nSPS) is 12.7. The number of primary amides is 1. The summed E-state index contributed by atoms with van der Waals surface area (Å²) in [5.74, 6) is -0.882. The van der Waals surface area contributed by atoms with Gasteiger partial charge in [0.25, 0.3) is 0 Å². The first-order valence-corrected chi connectivity index (χ1v) is 6.78. The molecule has 0 saturated carbocycles. The van der Waals surface area contributed by atoms with Crippen LogP contribution >= 0.6 is 0 Å². The lowest BCUT2D eigenvalue weighted by molar-refractivity contribution is -0.133. The number of hydrogen-bond acceptors (Lipinski definition) is 5. The zero-order valence-electron chi connectivity index (χ0n) is 12.7. The van der Waals surface area contributed by atoms with Crippen LogP contribution in [0, 0.1) is 5.41 Å². The largest absolute Gasteiger partial charge is 0.418 e. The fourth-order valence-electron chi connectivity index (χ4n) is 1.65. The molecule has 0 bridgehead atoms. The van der Waals surface area contributed by atoms with Gasteiger partial charge in [0.15, 0.2) is 6.04 Å². The first-order chi connectivity index (χ1) is 10.3. The minimum Gasteiger partial charge on any atom is -0.418 e. The zero-order chi connectivity index (χ0) is 16.3. The van der Waals surface area contributed by atoms with Gasteiger partial charge >= 0.3 is 0 Å². The highest BCUT2D eigenvalue weighted by Gasteiger charge is 2.31. The molecule has 0 aliphatic carbocycles. The lowest BCUT2D eigenvalue weighted by atomic mass is 9.95. The number of carbonyl (C=O) groups excluding carboxylic acids is 2. The Morgan fingerprint density at radius 2 is 1.82 bits per heavy atom. The number of nitrogens with two attached hydrogens (primary N) is 1. The molecular formula is C15H18N4O3. The summed E-state index contributed by atoms with van der Waals surface area (Å²) in [5.41, 5.74) is 5.37. The predicted molar refractivity (Wildman–Crippen MR) is 79.3 cm³/mol. The molecule has 2 rings (SSSR count). The first kappa shape index (κ1) is 15.7. The topological polar surface area (TPSA) is 111 Å². The second-order valence-corrected chi connectivity index (χ2v) is 5.87. The van der Waals surface area contributed by atoms with Gasteiger partial charge in [-0.1, -0.05) is 39.0 Å². The van der Waals surface area contributed by atoms with Gasteiger partial charge in [0.2, 0.25) is 23.6 Å². The van der Waals surface area contributed by atoms with Crippen molar-refractivity contribution in [3.8, 4) is 11.5 Å². The average molecular weight is 302 g/mol. The molecule has 1 atom stereocenters. The third-order valence-electron chi connectivity index (χ3n) is 2.95. The van der Waals surface area contributed by atoms with Crippen molar-refractivity contribution < 1.29 is 14.0 Å². The van der Waals surface area contributed by atoms with Crippen LogP contribution < -0.4 is 11.1 Å². The third kappa shape index (κ3) is 3.49. The second-order valence-electron chi connectivity index (χ2n) is 5.87. The van der Waals surface area contributed by atoms with E-state index < -0.39 is 17.4 Å². The smallest absolute Gasteiger partial charge is 0.249 e. The van der Waals surface area contributed by atoms with Gasteiger partial charge in [-0.15, -0.1) is 10.2 Å². The SMILES string of the molecule is CC(C)(C)C(=O)N[C@H](C(N)=O)c1nnc(-c2ccccc2)o1. The zero-order valence-corrected chi connectivity index (χ0v) is 12.7. The highest BCUT2D eigenvalue weighted by Crippen LogP contribution is 2.22. The molecule has 0 aliphatic heterocycles. The molecule has 0 radical (unpaired) electrons. The molecule has 0 fully saturated rings. The van der Waals surface area contributed by atoms with E-state index in [-0.39, 0.29) is 17.7 Å². The van der Waals surface area contributed by atoms with Crippen LogP contribution in [0.15, 0.2) is 34.7 Å². The quantitative estimate of drug-likeness (QED) is 0.887. The van der Waals surface area contributed by atoms with Crippen LogP contribution in [0.4, 0.5) is 0 Å². The number of carbonyl (C=O) groups is 2. The summed E-state index contributed by atoms with van der Waals surface area (Å²) in [4.78, 5) is 23.6. The molecule has 7 heteroatoms. The lowest BCUT2D eigenvalue weighted by Crippen LogP contribution is -2.42. The van der Waals surface area contributed by atoms with E-state index in [4.69, 9.17) is 10.2 Å². The van der Waals surface area contributed by atoms with E-state index in [0.29, 0.717) is 5.56 Å². The second kappa shape index (κ2) is 5.97. The molecule has 116 valence electrons. The average Bonchev–Trinajstić information content (AvgIpc) is 2.93. The number of amides is 2. The van der Waals surface area contributed by atoms with E-state index in [2.05, 4.69) is 15.5 Å². The Morgan fingerprint density at radius 3 is 2.36 bits per heavy atom. The predicted octanol–water partition coefficient (Wildman–Crippen LogP) is 1.43. The van der Waals surface area contributed by atoms with Crippen LogP contribution in [0.25, 0.3) is 11.5 Å². The van der Waals surface area contributed by atoms with Crippen molar-refractivity contribution in [2.75, 3.05) is 0 Å². The Labute approximate surface area is 127 Å². The molecule has 1 aromatic heterocycles. The van der Waals surface area contributed by atoms with E-state index in [1.165, 1.54) is 0 Å². The van der Waals surface area contributed by atoms with Crippen molar-refractivity contribution >= 4 is 11.8 Å². The minimum absolute atomic E-state index is 0.0380.